The third-order valence-electron chi connectivity index (χ3n) is 4.07. The van der Waals surface area contributed by atoms with Gasteiger partial charge >= 0.3 is 12.0 Å². The van der Waals surface area contributed by atoms with Crippen molar-refractivity contribution in [2.75, 3.05) is 20.2 Å². The predicted octanol–water partition coefficient (Wildman–Crippen LogP) is 4.72. The van der Waals surface area contributed by atoms with E-state index >= 15 is 0 Å². The standard InChI is InChI=1S/C20H38N2O3/c1-3-21-20(24)22-18-16-14-12-10-8-6-4-5-7-9-11-13-15-17-19(23)25-2/h8,10H,3-7,9,11-18H2,1-2H3,(H2,21,22,24). The molecule has 0 aromatic heterocycles. The van der Waals surface area contributed by atoms with E-state index in [1.807, 2.05) is 6.92 Å². The van der Waals surface area contributed by atoms with E-state index in [-0.39, 0.29) is 12.0 Å². The van der Waals surface area contributed by atoms with Gasteiger partial charge in [-0.3, -0.25) is 4.79 Å². The SMILES string of the molecule is CCNC(=O)NCCCCC=CCCCCCCCCCC(=O)OC. The molecule has 5 heteroatoms. The molecule has 0 aliphatic rings. The van der Waals surface area contributed by atoms with Crippen LogP contribution >= 0.6 is 0 Å². The first-order valence-corrected chi connectivity index (χ1v) is 9.94. The molecule has 0 saturated heterocycles. The zero-order valence-electron chi connectivity index (χ0n) is 16.3. The first-order valence-electron chi connectivity index (χ1n) is 9.94. The van der Waals surface area contributed by atoms with E-state index in [1.165, 1.54) is 45.6 Å². The Kier molecular flexibility index (Phi) is 17.7. The molecular weight excluding hydrogens is 316 g/mol. The van der Waals surface area contributed by atoms with Crippen LogP contribution in [0.4, 0.5) is 4.79 Å². The van der Waals surface area contributed by atoms with Crippen molar-refractivity contribution in [2.45, 2.75) is 84.0 Å². The normalized spacial score (nSPS) is 10.8. The number of unbranched alkanes of at least 4 members (excludes halogenated alkanes) is 9. The van der Waals surface area contributed by atoms with Gasteiger partial charge in [0.25, 0.3) is 0 Å². The Morgan fingerprint density at radius 1 is 0.800 bits per heavy atom. The van der Waals surface area contributed by atoms with E-state index in [2.05, 4.69) is 27.5 Å². The van der Waals surface area contributed by atoms with Crippen LogP contribution in [0.2, 0.25) is 0 Å². The number of rotatable bonds is 16. The Morgan fingerprint density at radius 2 is 1.36 bits per heavy atom. The first kappa shape index (κ1) is 23.5. The molecule has 146 valence electrons. The van der Waals surface area contributed by atoms with Crippen LogP contribution in [-0.2, 0) is 9.53 Å². The van der Waals surface area contributed by atoms with Crippen molar-refractivity contribution in [3.8, 4) is 0 Å². The van der Waals surface area contributed by atoms with Gasteiger partial charge in [0.05, 0.1) is 7.11 Å². The maximum Gasteiger partial charge on any atom is 0.314 e. The molecule has 0 aliphatic carbocycles. The zero-order valence-corrected chi connectivity index (χ0v) is 16.3. The van der Waals surface area contributed by atoms with Gasteiger partial charge in [0.2, 0.25) is 0 Å². The van der Waals surface area contributed by atoms with Crippen molar-refractivity contribution in [2.24, 2.45) is 0 Å². The summed E-state index contributed by atoms with van der Waals surface area (Å²) in [5.41, 5.74) is 0. The Balaban J connectivity index is 3.18. The molecule has 0 aromatic carbocycles. The summed E-state index contributed by atoms with van der Waals surface area (Å²) >= 11 is 0. The highest BCUT2D eigenvalue weighted by atomic mass is 16.5. The molecule has 2 amide bonds. The van der Waals surface area contributed by atoms with Crippen LogP contribution in [0.1, 0.15) is 84.0 Å². The molecule has 0 fully saturated rings. The monoisotopic (exact) mass is 354 g/mol. The number of nitrogens with one attached hydrogen (secondary N) is 2. The second-order valence-corrected chi connectivity index (χ2v) is 6.34. The number of hydrogen-bond donors (Lipinski definition) is 2. The highest BCUT2D eigenvalue weighted by molar-refractivity contribution is 5.73. The molecule has 0 rings (SSSR count). The number of esters is 1. The fourth-order valence-electron chi connectivity index (χ4n) is 2.57. The molecule has 0 heterocycles. The maximum atomic E-state index is 11.2. The molecule has 0 unspecified atom stereocenters. The van der Waals surface area contributed by atoms with Crippen molar-refractivity contribution in [1.29, 1.82) is 0 Å². The summed E-state index contributed by atoms with van der Waals surface area (Å²) in [5.74, 6) is -0.0926. The zero-order chi connectivity index (χ0) is 18.6. The molecular formula is C20H38N2O3. The lowest BCUT2D eigenvalue weighted by atomic mass is 10.1. The fraction of sp³-hybridized carbons (Fsp3) is 0.800. The molecule has 0 saturated carbocycles. The van der Waals surface area contributed by atoms with Gasteiger partial charge in [-0.05, 0) is 45.4 Å². The molecule has 25 heavy (non-hydrogen) atoms. The first-order chi connectivity index (χ1) is 12.2. The van der Waals surface area contributed by atoms with E-state index in [0.29, 0.717) is 13.0 Å². The van der Waals surface area contributed by atoms with Gasteiger partial charge < -0.3 is 15.4 Å². The third-order valence-corrected chi connectivity index (χ3v) is 4.07. The highest BCUT2D eigenvalue weighted by Gasteiger charge is 1.99. The van der Waals surface area contributed by atoms with Gasteiger partial charge in [-0.1, -0.05) is 44.3 Å². The van der Waals surface area contributed by atoms with E-state index in [4.69, 9.17) is 0 Å². The van der Waals surface area contributed by atoms with E-state index in [1.54, 1.807) is 0 Å². The third kappa shape index (κ3) is 18.7. The van der Waals surface area contributed by atoms with Gasteiger partial charge in [-0.25, -0.2) is 4.79 Å². The lowest BCUT2D eigenvalue weighted by Gasteiger charge is -2.04. The van der Waals surface area contributed by atoms with Crippen LogP contribution in [-0.4, -0.2) is 32.2 Å². The summed E-state index contributed by atoms with van der Waals surface area (Å²) in [6.07, 6.45) is 17.9. The number of amides is 2. The Bertz CT molecular complexity index is 357. The van der Waals surface area contributed by atoms with Crippen molar-refractivity contribution in [3.63, 3.8) is 0 Å². The molecule has 0 spiro atoms. The van der Waals surface area contributed by atoms with Gasteiger partial charge in [-0.15, -0.1) is 0 Å². The van der Waals surface area contributed by atoms with Crippen LogP contribution in [0.15, 0.2) is 12.2 Å². The van der Waals surface area contributed by atoms with Gasteiger partial charge in [0.1, 0.15) is 0 Å². The minimum Gasteiger partial charge on any atom is -0.469 e. The second kappa shape index (κ2) is 18.8. The predicted molar refractivity (Wildman–Crippen MR) is 104 cm³/mol. The Hall–Kier alpha value is -1.52. The highest BCUT2D eigenvalue weighted by Crippen LogP contribution is 2.10. The van der Waals surface area contributed by atoms with E-state index in [0.717, 1.165) is 38.6 Å². The van der Waals surface area contributed by atoms with E-state index in [9.17, 15) is 9.59 Å². The number of carbonyl (C=O) groups excluding carboxylic acids is 2. The number of ether oxygens (including phenoxy) is 1. The molecule has 5 nitrogen and oxygen atoms in total. The Morgan fingerprint density at radius 3 is 1.96 bits per heavy atom. The van der Waals surface area contributed by atoms with Crippen molar-refractivity contribution in [3.05, 3.63) is 12.2 Å². The summed E-state index contributed by atoms with van der Waals surface area (Å²) in [6, 6.07) is -0.0680. The average molecular weight is 355 g/mol. The summed E-state index contributed by atoms with van der Waals surface area (Å²) in [7, 11) is 1.45. The topological polar surface area (TPSA) is 67.4 Å². The smallest absolute Gasteiger partial charge is 0.314 e. The number of methoxy groups -OCH3 is 1. The van der Waals surface area contributed by atoms with Crippen LogP contribution in [0, 0.1) is 0 Å². The largest absolute Gasteiger partial charge is 0.469 e. The Labute approximate surface area is 154 Å². The average Bonchev–Trinajstić information content (AvgIpc) is 2.61. The summed E-state index contributed by atoms with van der Waals surface area (Å²) in [6.45, 7) is 3.33. The number of allylic oxidation sites excluding steroid dienone is 2. The van der Waals surface area contributed by atoms with Crippen LogP contribution in [0.3, 0.4) is 0 Å². The molecule has 0 bridgehead atoms. The summed E-state index contributed by atoms with van der Waals surface area (Å²) < 4.78 is 4.62. The summed E-state index contributed by atoms with van der Waals surface area (Å²) in [4.78, 5) is 22.1. The molecule has 2 N–H and O–H groups in total. The van der Waals surface area contributed by atoms with Crippen molar-refractivity contribution < 1.29 is 14.3 Å². The molecule has 0 radical (unpaired) electrons. The number of carbonyl (C=O) groups is 2. The van der Waals surface area contributed by atoms with Crippen LogP contribution < -0.4 is 10.6 Å². The van der Waals surface area contributed by atoms with Crippen LogP contribution in [0.25, 0.3) is 0 Å². The molecule has 0 aliphatic heterocycles. The minimum atomic E-state index is -0.0926. The molecule has 0 aromatic rings. The van der Waals surface area contributed by atoms with Gasteiger partial charge in [-0.2, -0.15) is 0 Å². The van der Waals surface area contributed by atoms with Crippen molar-refractivity contribution in [1.82, 2.24) is 10.6 Å². The summed E-state index contributed by atoms with van der Waals surface area (Å²) in [5, 5.41) is 5.56. The minimum absolute atomic E-state index is 0.0680. The lowest BCUT2D eigenvalue weighted by molar-refractivity contribution is -0.140. The van der Waals surface area contributed by atoms with Crippen LogP contribution in [0.5, 0.6) is 0 Å². The van der Waals surface area contributed by atoms with E-state index < -0.39 is 0 Å². The van der Waals surface area contributed by atoms with Gasteiger partial charge in [0, 0.05) is 19.5 Å². The lowest BCUT2D eigenvalue weighted by Crippen LogP contribution is -2.35. The van der Waals surface area contributed by atoms with Gasteiger partial charge in [0.15, 0.2) is 0 Å². The number of hydrogen-bond acceptors (Lipinski definition) is 3. The number of urea groups is 1. The molecule has 0 atom stereocenters. The fourth-order valence-corrected chi connectivity index (χ4v) is 2.57. The quantitative estimate of drug-likeness (QED) is 0.239. The second-order valence-electron chi connectivity index (χ2n) is 6.34. The van der Waals surface area contributed by atoms with Crippen molar-refractivity contribution >= 4 is 12.0 Å². The maximum absolute atomic E-state index is 11.2.